The molecule has 2 heterocycles. The lowest BCUT2D eigenvalue weighted by atomic mass is 9.81. The van der Waals surface area contributed by atoms with Crippen molar-refractivity contribution in [1.82, 2.24) is 0 Å². The average Bonchev–Trinajstić information content (AvgIpc) is 2.99. The summed E-state index contributed by atoms with van der Waals surface area (Å²) in [7, 11) is 2.77. The van der Waals surface area contributed by atoms with E-state index in [1.54, 1.807) is 7.11 Å². The molecule has 0 aliphatic carbocycles. The van der Waals surface area contributed by atoms with E-state index in [1.807, 2.05) is 0 Å². The van der Waals surface area contributed by atoms with Crippen molar-refractivity contribution in [3.8, 4) is 0 Å². The van der Waals surface area contributed by atoms with Gasteiger partial charge in [0.25, 0.3) is 0 Å². The third kappa shape index (κ3) is 5.77. The van der Waals surface area contributed by atoms with Crippen LogP contribution in [0.1, 0.15) is 67.7 Å². The van der Waals surface area contributed by atoms with E-state index in [2.05, 4.69) is 55.0 Å². The predicted octanol–water partition coefficient (Wildman–Crippen LogP) is 4.68. The van der Waals surface area contributed by atoms with Gasteiger partial charge in [0, 0.05) is 38.4 Å². The van der Waals surface area contributed by atoms with Gasteiger partial charge in [0.2, 0.25) is 0 Å². The molecule has 2 N–H and O–H groups in total. The molecule has 4 unspecified atom stereocenters. The van der Waals surface area contributed by atoms with Crippen LogP contribution in [0.5, 0.6) is 0 Å². The first kappa shape index (κ1) is 26.0. The van der Waals surface area contributed by atoms with Crippen LogP contribution in [0.15, 0.2) is 23.7 Å². The molecule has 5 nitrogen and oxygen atoms in total. The number of aliphatic hydroxyl groups excluding tert-OH is 2. The number of hydrogen-bond acceptors (Lipinski definition) is 5. The Hall–Kier alpha value is -1.04. The number of fused-ring (bicyclic) bond motifs is 2. The lowest BCUT2D eigenvalue weighted by molar-refractivity contribution is -0.0429. The summed E-state index contributed by atoms with van der Waals surface area (Å²) in [4.78, 5) is 0. The van der Waals surface area contributed by atoms with Gasteiger partial charge in [0.15, 0.2) is 0 Å². The average molecular weight is 413 g/mol. The minimum Gasteiger partial charge on any atom is -0.495 e. The Balaban J connectivity index is 0.00000204. The second-order valence-electron chi connectivity index (χ2n) is 9.21. The van der Waals surface area contributed by atoms with Crippen molar-refractivity contribution in [2.45, 2.75) is 91.6 Å². The largest absolute Gasteiger partial charge is 0.495 e. The Bertz CT molecular complexity index is 572. The summed E-state index contributed by atoms with van der Waals surface area (Å²) in [5.74, 6) is 1.99. The lowest BCUT2D eigenvalue weighted by Crippen LogP contribution is -2.37. The summed E-state index contributed by atoms with van der Waals surface area (Å²) in [6, 6.07) is 0. The van der Waals surface area contributed by atoms with Crippen LogP contribution in [0.3, 0.4) is 0 Å². The molecule has 1 saturated heterocycles. The van der Waals surface area contributed by atoms with Crippen molar-refractivity contribution < 1.29 is 24.4 Å². The Morgan fingerprint density at radius 2 is 1.76 bits per heavy atom. The van der Waals surface area contributed by atoms with Crippen molar-refractivity contribution >= 4 is 0 Å². The van der Waals surface area contributed by atoms with Crippen LogP contribution in [0.2, 0.25) is 0 Å². The molecule has 8 atom stereocenters. The van der Waals surface area contributed by atoms with E-state index < -0.39 is 6.10 Å². The van der Waals surface area contributed by atoms with Crippen LogP contribution in [-0.2, 0) is 14.2 Å². The summed E-state index contributed by atoms with van der Waals surface area (Å²) < 4.78 is 18.7. The molecule has 0 saturated carbocycles. The van der Waals surface area contributed by atoms with Crippen molar-refractivity contribution in [2.75, 3.05) is 14.2 Å². The van der Waals surface area contributed by atoms with E-state index in [0.29, 0.717) is 5.92 Å². The van der Waals surface area contributed by atoms with Crippen LogP contribution >= 0.6 is 0 Å². The summed E-state index contributed by atoms with van der Waals surface area (Å²) in [6.45, 7) is 19.1. The zero-order valence-electron chi connectivity index (χ0n) is 20.0. The highest BCUT2D eigenvalue weighted by molar-refractivity contribution is 5.20. The fourth-order valence-corrected chi connectivity index (χ4v) is 5.24. The van der Waals surface area contributed by atoms with E-state index in [9.17, 15) is 5.11 Å². The number of hydrogen-bond donors (Lipinski definition) is 2. The zero-order valence-corrected chi connectivity index (χ0v) is 20.0. The molecular formula is C24H44O5. The zero-order chi connectivity index (χ0) is 22.5. The molecule has 2 bridgehead atoms. The Morgan fingerprint density at radius 1 is 1.17 bits per heavy atom. The number of aliphatic hydroxyl groups is 2. The Labute approximate surface area is 178 Å². The monoisotopic (exact) mass is 412 g/mol. The van der Waals surface area contributed by atoms with Crippen molar-refractivity contribution in [2.24, 2.45) is 23.7 Å². The summed E-state index contributed by atoms with van der Waals surface area (Å²) >= 11 is 0. The number of rotatable bonds is 2. The molecule has 0 aromatic heterocycles. The molecule has 2 aliphatic rings. The first-order valence-corrected chi connectivity index (χ1v) is 10.9. The maximum atomic E-state index is 11.1. The molecule has 0 aromatic carbocycles. The molecule has 0 radical (unpaired) electrons. The molecule has 0 spiro atoms. The molecule has 5 heteroatoms. The van der Waals surface area contributed by atoms with E-state index >= 15 is 0 Å². The van der Waals surface area contributed by atoms with E-state index in [0.717, 1.165) is 37.9 Å². The maximum absolute atomic E-state index is 11.1. The summed E-state index contributed by atoms with van der Waals surface area (Å²) in [5, 5.41) is 18.1. The molecule has 2 rings (SSSR count). The second-order valence-corrected chi connectivity index (χ2v) is 9.21. The molecule has 29 heavy (non-hydrogen) atoms. The minimum absolute atomic E-state index is 0.0122. The normalized spacial score (nSPS) is 41.2. The van der Waals surface area contributed by atoms with Crippen LogP contribution in [0.25, 0.3) is 0 Å². The van der Waals surface area contributed by atoms with Crippen molar-refractivity contribution in [3.63, 3.8) is 0 Å². The van der Waals surface area contributed by atoms with Gasteiger partial charge in [-0.1, -0.05) is 41.2 Å². The van der Waals surface area contributed by atoms with E-state index in [4.69, 9.17) is 19.3 Å². The van der Waals surface area contributed by atoms with Gasteiger partial charge in [-0.3, -0.25) is 0 Å². The smallest absolute Gasteiger partial charge is 0.110 e. The number of ether oxygens (including phenoxy) is 3. The van der Waals surface area contributed by atoms with Gasteiger partial charge in [-0.05, 0) is 38.2 Å². The number of methoxy groups -OCH3 is 1. The highest BCUT2D eigenvalue weighted by Crippen LogP contribution is 2.44. The van der Waals surface area contributed by atoms with Crippen LogP contribution in [0, 0.1) is 23.7 Å². The minimum atomic E-state index is -0.526. The van der Waals surface area contributed by atoms with Gasteiger partial charge >= 0.3 is 0 Å². The first-order chi connectivity index (χ1) is 13.5. The second kappa shape index (κ2) is 10.8. The Kier molecular flexibility index (Phi) is 9.71. The lowest BCUT2D eigenvalue weighted by Gasteiger charge is -2.35. The van der Waals surface area contributed by atoms with Crippen LogP contribution in [0.4, 0.5) is 0 Å². The van der Waals surface area contributed by atoms with E-state index in [1.165, 1.54) is 5.57 Å². The molecule has 170 valence electrons. The van der Waals surface area contributed by atoms with Gasteiger partial charge in [-0.2, -0.15) is 0 Å². The topological polar surface area (TPSA) is 68.2 Å². The summed E-state index contributed by atoms with van der Waals surface area (Å²) in [6.07, 6.45) is 2.01. The molecule has 2 aliphatic heterocycles. The predicted molar refractivity (Wildman–Crippen MR) is 117 cm³/mol. The van der Waals surface area contributed by atoms with Gasteiger partial charge in [0.1, 0.15) is 17.5 Å². The van der Waals surface area contributed by atoms with Crippen LogP contribution in [-0.4, -0.2) is 48.3 Å². The third-order valence-electron chi connectivity index (χ3n) is 6.76. The highest BCUT2D eigenvalue weighted by Gasteiger charge is 2.43. The fourth-order valence-electron chi connectivity index (χ4n) is 5.24. The molecule has 0 amide bonds. The highest BCUT2D eigenvalue weighted by atomic mass is 16.5. The standard InChI is InChI=1S/C23H40O4.CH4O/c1-10-19-16(5)20(24)17(6)22-14(3)12-23(8,27-22)11-13(2)21(25-9)15(4)18(7)26-19;1-2/h13,15-17,19-21,24H,7,10-12H2,1-6,8-9H3;2H,1H3/t13?,15?,16-,17+,19?,20-,21?,23+;/m0./s1. The maximum Gasteiger partial charge on any atom is 0.110 e. The molecule has 1 fully saturated rings. The van der Waals surface area contributed by atoms with Gasteiger partial charge < -0.3 is 24.4 Å². The molecule has 0 aromatic rings. The van der Waals surface area contributed by atoms with Gasteiger partial charge in [0.05, 0.1) is 18.0 Å². The fraction of sp³-hybridized carbons (Fsp3) is 0.833. The quantitative estimate of drug-likeness (QED) is 0.689. The Morgan fingerprint density at radius 3 is 2.28 bits per heavy atom. The SMILES string of the molecule is C=C1OC(CC)[C@H](C)[C@H](O)[C@@H](C)C2=C(C)C[C@@](C)(CC(C)C(OC)C1C)O2.CO. The van der Waals surface area contributed by atoms with Crippen molar-refractivity contribution in [3.05, 3.63) is 23.7 Å². The first-order valence-electron chi connectivity index (χ1n) is 10.9. The third-order valence-corrected chi connectivity index (χ3v) is 6.76. The van der Waals surface area contributed by atoms with Crippen LogP contribution < -0.4 is 0 Å². The summed E-state index contributed by atoms with van der Waals surface area (Å²) in [5.41, 5.74) is 0.994. The van der Waals surface area contributed by atoms with Gasteiger partial charge in [-0.25, -0.2) is 0 Å². The van der Waals surface area contributed by atoms with Gasteiger partial charge in [-0.15, -0.1) is 0 Å². The van der Waals surface area contributed by atoms with Crippen molar-refractivity contribution in [1.29, 1.82) is 0 Å². The van der Waals surface area contributed by atoms with E-state index in [-0.39, 0.29) is 35.6 Å². The molecular weight excluding hydrogens is 368 g/mol.